The number of rotatable bonds is 1. The predicted molar refractivity (Wildman–Crippen MR) is 47.9 cm³/mol. The van der Waals surface area contributed by atoms with Crippen LogP contribution in [-0.4, -0.2) is 29.7 Å². The van der Waals surface area contributed by atoms with Crippen molar-refractivity contribution in [3.05, 3.63) is 0 Å². The second-order valence-electron chi connectivity index (χ2n) is 4.86. The summed E-state index contributed by atoms with van der Waals surface area (Å²) in [6.07, 6.45) is 3.31. The summed E-state index contributed by atoms with van der Waals surface area (Å²) < 4.78 is 13.4. The van der Waals surface area contributed by atoms with Gasteiger partial charge in [-0.2, -0.15) is 0 Å². The van der Waals surface area contributed by atoms with Gasteiger partial charge in [0.15, 0.2) is 0 Å². The van der Waals surface area contributed by atoms with Crippen molar-refractivity contribution < 1.29 is 4.39 Å². The third-order valence-electron chi connectivity index (χ3n) is 3.32. The molecule has 2 heteroatoms. The molecule has 0 N–H and O–H groups in total. The zero-order valence-corrected chi connectivity index (χ0v) is 8.02. The highest BCUT2D eigenvalue weighted by Crippen LogP contribution is 2.36. The van der Waals surface area contributed by atoms with Crippen molar-refractivity contribution in [3.63, 3.8) is 0 Å². The first-order valence-electron chi connectivity index (χ1n) is 5.00. The maximum absolute atomic E-state index is 13.4. The van der Waals surface area contributed by atoms with Gasteiger partial charge in [0.25, 0.3) is 0 Å². The Bertz CT molecular complexity index is 173. The second-order valence-corrected chi connectivity index (χ2v) is 4.86. The minimum Gasteiger partial charge on any atom is -0.297 e. The fraction of sp³-hybridized carbons (Fsp3) is 1.00. The first-order chi connectivity index (χ1) is 5.57. The average Bonchev–Trinajstić information content (AvgIpc) is 2.23. The number of alkyl halides is 1. The smallest absolute Gasteiger partial charge is 0.122 e. The molecule has 70 valence electrons. The second kappa shape index (κ2) is 2.69. The van der Waals surface area contributed by atoms with Gasteiger partial charge in [0.05, 0.1) is 0 Å². The lowest BCUT2D eigenvalue weighted by molar-refractivity contribution is 0.0886. The minimum absolute atomic E-state index is 0.671. The standard InChI is InChI=1S/C10H18FN/c1-8-5-9(6-8)12-4-3-10(2,11)7-12/h8-9H,3-7H2,1-2H3. The molecule has 1 heterocycles. The van der Waals surface area contributed by atoms with Gasteiger partial charge in [-0.25, -0.2) is 4.39 Å². The summed E-state index contributed by atoms with van der Waals surface area (Å²) in [6, 6.07) is 0.706. The van der Waals surface area contributed by atoms with E-state index in [4.69, 9.17) is 0 Å². The monoisotopic (exact) mass is 171 g/mol. The summed E-state index contributed by atoms with van der Waals surface area (Å²) in [4.78, 5) is 2.33. The molecule has 1 aliphatic carbocycles. The van der Waals surface area contributed by atoms with Crippen molar-refractivity contribution in [2.45, 2.75) is 44.8 Å². The van der Waals surface area contributed by atoms with Crippen LogP contribution in [0.3, 0.4) is 0 Å². The molecule has 0 aromatic rings. The molecular formula is C10H18FN. The molecule has 0 aromatic heterocycles. The van der Waals surface area contributed by atoms with Gasteiger partial charge < -0.3 is 0 Å². The van der Waals surface area contributed by atoms with Gasteiger partial charge in [-0.15, -0.1) is 0 Å². The predicted octanol–water partition coefficient (Wildman–Crippen LogP) is 2.22. The van der Waals surface area contributed by atoms with Gasteiger partial charge in [0, 0.05) is 19.1 Å². The zero-order valence-electron chi connectivity index (χ0n) is 8.02. The van der Waals surface area contributed by atoms with Crippen molar-refractivity contribution >= 4 is 0 Å². The van der Waals surface area contributed by atoms with E-state index >= 15 is 0 Å². The van der Waals surface area contributed by atoms with Gasteiger partial charge in [-0.1, -0.05) is 6.92 Å². The molecule has 1 nitrogen and oxygen atoms in total. The third kappa shape index (κ3) is 1.49. The SMILES string of the molecule is CC1CC(N2CCC(C)(F)C2)C1. The van der Waals surface area contributed by atoms with E-state index in [2.05, 4.69) is 11.8 Å². The van der Waals surface area contributed by atoms with Gasteiger partial charge in [-0.3, -0.25) is 4.90 Å². The molecule has 1 saturated heterocycles. The van der Waals surface area contributed by atoms with Crippen molar-refractivity contribution in [1.82, 2.24) is 4.90 Å². The molecule has 0 bridgehead atoms. The van der Waals surface area contributed by atoms with Crippen LogP contribution in [-0.2, 0) is 0 Å². The summed E-state index contributed by atoms with van der Waals surface area (Å²) >= 11 is 0. The van der Waals surface area contributed by atoms with Gasteiger partial charge in [-0.05, 0) is 32.1 Å². The molecule has 1 atom stereocenters. The lowest BCUT2D eigenvalue weighted by atomic mass is 9.81. The van der Waals surface area contributed by atoms with Gasteiger partial charge >= 0.3 is 0 Å². The van der Waals surface area contributed by atoms with Crippen LogP contribution >= 0.6 is 0 Å². The topological polar surface area (TPSA) is 3.24 Å². The van der Waals surface area contributed by atoms with Crippen LogP contribution in [0.15, 0.2) is 0 Å². The van der Waals surface area contributed by atoms with E-state index in [9.17, 15) is 4.39 Å². The maximum atomic E-state index is 13.4. The highest BCUT2D eigenvalue weighted by Gasteiger charge is 2.40. The lowest BCUT2D eigenvalue weighted by Crippen LogP contribution is -2.43. The number of hydrogen-bond acceptors (Lipinski definition) is 1. The summed E-state index contributed by atoms with van der Waals surface area (Å²) in [5.74, 6) is 0.876. The molecule has 1 unspecified atom stereocenters. The normalized spacial score (nSPS) is 49.2. The number of likely N-dealkylation sites (tertiary alicyclic amines) is 1. The highest BCUT2D eigenvalue weighted by atomic mass is 19.1. The van der Waals surface area contributed by atoms with E-state index in [-0.39, 0.29) is 0 Å². The Kier molecular flexibility index (Phi) is 1.90. The first-order valence-corrected chi connectivity index (χ1v) is 5.00. The molecule has 0 aromatic carbocycles. The van der Waals surface area contributed by atoms with Crippen LogP contribution in [0.25, 0.3) is 0 Å². The Hall–Kier alpha value is -0.110. The number of halogens is 1. The Morgan fingerprint density at radius 2 is 2.08 bits per heavy atom. The van der Waals surface area contributed by atoms with Crippen molar-refractivity contribution in [3.8, 4) is 0 Å². The summed E-state index contributed by atoms with van der Waals surface area (Å²) in [6.45, 7) is 5.66. The Balaban J connectivity index is 1.84. The lowest BCUT2D eigenvalue weighted by Gasteiger charge is -2.39. The van der Waals surface area contributed by atoms with Crippen LogP contribution in [0, 0.1) is 5.92 Å². The van der Waals surface area contributed by atoms with E-state index in [1.807, 2.05) is 0 Å². The van der Waals surface area contributed by atoms with E-state index < -0.39 is 5.67 Å². The molecule has 2 fully saturated rings. The Morgan fingerprint density at radius 3 is 2.50 bits per heavy atom. The van der Waals surface area contributed by atoms with Crippen LogP contribution in [0.1, 0.15) is 33.1 Å². The molecule has 2 aliphatic rings. The summed E-state index contributed by atoms with van der Waals surface area (Å²) in [7, 11) is 0. The third-order valence-corrected chi connectivity index (χ3v) is 3.32. The Morgan fingerprint density at radius 1 is 1.42 bits per heavy atom. The minimum atomic E-state index is -0.904. The van der Waals surface area contributed by atoms with Crippen LogP contribution in [0.5, 0.6) is 0 Å². The summed E-state index contributed by atoms with van der Waals surface area (Å²) in [5, 5.41) is 0. The van der Waals surface area contributed by atoms with Crippen LogP contribution in [0.2, 0.25) is 0 Å². The molecule has 0 spiro atoms. The zero-order chi connectivity index (χ0) is 8.77. The largest absolute Gasteiger partial charge is 0.297 e. The molecule has 1 aliphatic heterocycles. The molecule has 2 rings (SSSR count). The Labute approximate surface area is 73.9 Å². The van der Waals surface area contributed by atoms with Crippen molar-refractivity contribution in [2.24, 2.45) is 5.92 Å². The quantitative estimate of drug-likeness (QED) is 0.584. The van der Waals surface area contributed by atoms with E-state index in [0.29, 0.717) is 12.6 Å². The molecule has 12 heavy (non-hydrogen) atoms. The molecule has 1 saturated carbocycles. The van der Waals surface area contributed by atoms with Crippen LogP contribution in [0.4, 0.5) is 4.39 Å². The number of nitrogens with zero attached hydrogens (tertiary/aromatic N) is 1. The summed E-state index contributed by atoms with van der Waals surface area (Å²) in [5.41, 5.74) is -0.904. The van der Waals surface area contributed by atoms with Gasteiger partial charge in [0.1, 0.15) is 5.67 Å². The molecule has 0 amide bonds. The van der Waals surface area contributed by atoms with E-state index in [1.165, 1.54) is 12.8 Å². The van der Waals surface area contributed by atoms with E-state index in [0.717, 1.165) is 18.9 Å². The van der Waals surface area contributed by atoms with Crippen molar-refractivity contribution in [2.75, 3.05) is 13.1 Å². The van der Waals surface area contributed by atoms with Crippen LogP contribution < -0.4 is 0 Å². The van der Waals surface area contributed by atoms with Gasteiger partial charge in [0.2, 0.25) is 0 Å². The van der Waals surface area contributed by atoms with E-state index in [1.54, 1.807) is 6.92 Å². The average molecular weight is 171 g/mol. The van der Waals surface area contributed by atoms with Crippen molar-refractivity contribution in [1.29, 1.82) is 0 Å². The molecular weight excluding hydrogens is 153 g/mol. The highest BCUT2D eigenvalue weighted by molar-refractivity contribution is 4.94. The number of hydrogen-bond donors (Lipinski definition) is 0. The maximum Gasteiger partial charge on any atom is 0.122 e. The molecule has 0 radical (unpaired) electrons. The fourth-order valence-electron chi connectivity index (χ4n) is 2.43. The first kappa shape index (κ1) is 8.49. The fourth-order valence-corrected chi connectivity index (χ4v) is 2.43.